The van der Waals surface area contributed by atoms with E-state index in [-0.39, 0.29) is 0 Å². The van der Waals surface area contributed by atoms with Crippen molar-refractivity contribution < 1.29 is 5.11 Å². The molecule has 8 heavy (non-hydrogen) atoms. The van der Waals surface area contributed by atoms with Gasteiger partial charge in [-0.3, -0.25) is 0 Å². The first kappa shape index (κ1) is 5.67. The number of aliphatic hydroxyl groups excluding tert-OH is 1. The third kappa shape index (κ3) is 1.03. The smallest absolute Gasteiger partial charge is 0.0783 e. The van der Waals surface area contributed by atoms with Gasteiger partial charge in [0.25, 0.3) is 0 Å². The highest BCUT2D eigenvalue weighted by Crippen LogP contribution is 2.28. The van der Waals surface area contributed by atoms with Gasteiger partial charge in [0.1, 0.15) is 0 Å². The minimum Gasteiger partial charge on any atom is -0.516 e. The molecular weight excluding hydrogens is 100 g/mol. The van der Waals surface area contributed by atoms with E-state index in [1.165, 1.54) is 18.3 Å². The highest BCUT2D eigenvalue weighted by molar-refractivity contribution is 5.03. The van der Waals surface area contributed by atoms with E-state index >= 15 is 0 Å². The van der Waals surface area contributed by atoms with Gasteiger partial charge in [0.2, 0.25) is 0 Å². The molecule has 0 bridgehead atoms. The van der Waals surface area contributed by atoms with Gasteiger partial charge in [0.05, 0.1) is 6.26 Å². The molecule has 0 amide bonds. The average Bonchev–Trinajstić information content (AvgIpc) is 2.14. The van der Waals surface area contributed by atoms with Gasteiger partial charge < -0.3 is 5.11 Å². The van der Waals surface area contributed by atoms with Crippen LogP contribution in [0.1, 0.15) is 26.2 Å². The van der Waals surface area contributed by atoms with Gasteiger partial charge in [-0.25, -0.2) is 0 Å². The zero-order valence-corrected chi connectivity index (χ0v) is 5.22. The molecule has 46 valence electrons. The quantitative estimate of drug-likeness (QED) is 0.476. The molecule has 1 nitrogen and oxygen atoms in total. The van der Waals surface area contributed by atoms with Crippen molar-refractivity contribution in [2.24, 2.45) is 5.92 Å². The van der Waals surface area contributed by atoms with Crippen LogP contribution in [0, 0.1) is 5.92 Å². The fraction of sp³-hybridized carbons (Fsp3) is 0.714. The maximum atomic E-state index is 8.52. The Kier molecular flexibility index (Phi) is 1.56. The number of allylic oxidation sites excluding steroid dienone is 1. The van der Waals surface area contributed by atoms with Crippen molar-refractivity contribution in [2.45, 2.75) is 26.2 Å². The Morgan fingerprint density at radius 1 is 1.75 bits per heavy atom. The van der Waals surface area contributed by atoms with Gasteiger partial charge in [0, 0.05) is 0 Å². The van der Waals surface area contributed by atoms with Crippen LogP contribution in [-0.4, -0.2) is 5.11 Å². The Labute approximate surface area is 50.0 Å². The lowest BCUT2D eigenvalue weighted by Crippen LogP contribution is -1.80. The van der Waals surface area contributed by atoms with Crippen LogP contribution >= 0.6 is 0 Å². The lowest BCUT2D eigenvalue weighted by Gasteiger charge is -1.92. The van der Waals surface area contributed by atoms with Gasteiger partial charge in [0.15, 0.2) is 0 Å². The fourth-order valence-corrected chi connectivity index (χ4v) is 1.20. The monoisotopic (exact) mass is 112 g/mol. The second kappa shape index (κ2) is 2.21. The predicted octanol–water partition coefficient (Wildman–Crippen LogP) is 2.25. The van der Waals surface area contributed by atoms with Crippen LogP contribution in [0.15, 0.2) is 11.8 Å². The van der Waals surface area contributed by atoms with Gasteiger partial charge in [-0.15, -0.1) is 0 Å². The van der Waals surface area contributed by atoms with Gasteiger partial charge in [-0.2, -0.15) is 0 Å². The van der Waals surface area contributed by atoms with Crippen LogP contribution in [0.4, 0.5) is 0 Å². The number of hydrogen-bond acceptors (Lipinski definition) is 1. The molecule has 1 aliphatic rings. The van der Waals surface area contributed by atoms with E-state index < -0.39 is 0 Å². The van der Waals surface area contributed by atoms with Crippen molar-refractivity contribution in [1.82, 2.24) is 0 Å². The summed E-state index contributed by atoms with van der Waals surface area (Å²) in [6, 6.07) is 0. The molecule has 0 radical (unpaired) electrons. The summed E-state index contributed by atoms with van der Waals surface area (Å²) in [5, 5.41) is 8.52. The lowest BCUT2D eigenvalue weighted by molar-refractivity contribution is 0.464. The first-order valence-electron chi connectivity index (χ1n) is 3.15. The fourth-order valence-electron chi connectivity index (χ4n) is 1.20. The molecule has 1 saturated carbocycles. The molecule has 1 rings (SSSR count). The van der Waals surface area contributed by atoms with Gasteiger partial charge >= 0.3 is 0 Å². The second-order valence-corrected chi connectivity index (χ2v) is 2.64. The number of hydrogen-bond donors (Lipinski definition) is 1. The van der Waals surface area contributed by atoms with Crippen LogP contribution in [0.5, 0.6) is 0 Å². The molecule has 1 heteroatoms. The molecule has 0 spiro atoms. The molecule has 0 aromatic heterocycles. The van der Waals surface area contributed by atoms with Crippen LogP contribution in [0.2, 0.25) is 0 Å². The van der Waals surface area contributed by atoms with Crippen molar-refractivity contribution in [3.8, 4) is 0 Å². The summed E-state index contributed by atoms with van der Waals surface area (Å²) in [6.07, 6.45) is 4.74. The zero-order chi connectivity index (χ0) is 5.98. The summed E-state index contributed by atoms with van der Waals surface area (Å²) in [6.45, 7) is 2.22. The molecular formula is C7H12O. The van der Waals surface area contributed by atoms with Crippen LogP contribution in [0.3, 0.4) is 0 Å². The molecule has 0 heterocycles. The first-order valence-corrected chi connectivity index (χ1v) is 3.15. The summed E-state index contributed by atoms with van der Waals surface area (Å²) >= 11 is 0. The summed E-state index contributed by atoms with van der Waals surface area (Å²) in [7, 11) is 0. The lowest BCUT2D eigenvalue weighted by atomic mass is 10.1. The third-order valence-electron chi connectivity index (χ3n) is 1.75. The third-order valence-corrected chi connectivity index (χ3v) is 1.75. The Morgan fingerprint density at radius 2 is 2.50 bits per heavy atom. The molecule has 1 aliphatic carbocycles. The van der Waals surface area contributed by atoms with E-state index in [9.17, 15) is 0 Å². The van der Waals surface area contributed by atoms with E-state index in [0.29, 0.717) is 0 Å². The average molecular weight is 112 g/mol. The molecule has 0 saturated heterocycles. The molecule has 0 aliphatic heterocycles. The largest absolute Gasteiger partial charge is 0.516 e. The Balaban J connectivity index is 2.44. The molecule has 0 aromatic rings. The number of rotatable bonds is 0. The molecule has 1 fully saturated rings. The molecule has 1 atom stereocenters. The number of aliphatic hydroxyl groups is 1. The SMILES string of the molecule is CC1CC/C(=C\O)C1. The van der Waals surface area contributed by atoms with Gasteiger partial charge in [-0.05, 0) is 30.8 Å². The Morgan fingerprint density at radius 3 is 2.75 bits per heavy atom. The maximum Gasteiger partial charge on any atom is 0.0783 e. The van der Waals surface area contributed by atoms with Crippen LogP contribution in [-0.2, 0) is 0 Å². The van der Waals surface area contributed by atoms with Crippen molar-refractivity contribution in [3.05, 3.63) is 11.8 Å². The van der Waals surface area contributed by atoms with E-state index in [2.05, 4.69) is 6.92 Å². The minimum atomic E-state index is 0.799. The highest BCUT2D eigenvalue weighted by atomic mass is 16.2. The Bertz CT molecular complexity index is 105. The first-order chi connectivity index (χ1) is 3.83. The topological polar surface area (TPSA) is 20.2 Å². The van der Waals surface area contributed by atoms with Crippen LogP contribution < -0.4 is 0 Å². The van der Waals surface area contributed by atoms with Crippen molar-refractivity contribution in [3.63, 3.8) is 0 Å². The summed E-state index contributed by atoms with van der Waals surface area (Å²) in [5.74, 6) is 0.799. The van der Waals surface area contributed by atoms with E-state index in [1.807, 2.05) is 0 Å². The van der Waals surface area contributed by atoms with Crippen molar-refractivity contribution >= 4 is 0 Å². The maximum absolute atomic E-state index is 8.52. The summed E-state index contributed by atoms with van der Waals surface area (Å²) in [5.41, 5.74) is 1.22. The standard InChI is InChI=1S/C7H12O/c1-6-2-3-7(4-6)5-8/h5-6,8H,2-4H2,1H3/b7-5+. The minimum absolute atomic E-state index is 0.799. The zero-order valence-electron chi connectivity index (χ0n) is 5.22. The molecule has 1 unspecified atom stereocenters. The van der Waals surface area contributed by atoms with E-state index in [0.717, 1.165) is 18.8 Å². The van der Waals surface area contributed by atoms with E-state index in [4.69, 9.17) is 5.11 Å². The Hall–Kier alpha value is -0.460. The normalized spacial score (nSPS) is 34.1. The predicted molar refractivity (Wildman–Crippen MR) is 33.7 cm³/mol. The van der Waals surface area contributed by atoms with Crippen molar-refractivity contribution in [1.29, 1.82) is 0 Å². The highest BCUT2D eigenvalue weighted by Gasteiger charge is 2.13. The van der Waals surface area contributed by atoms with E-state index in [1.54, 1.807) is 0 Å². The van der Waals surface area contributed by atoms with Crippen LogP contribution in [0.25, 0.3) is 0 Å². The second-order valence-electron chi connectivity index (χ2n) is 2.64. The summed E-state index contributed by atoms with van der Waals surface area (Å²) in [4.78, 5) is 0. The summed E-state index contributed by atoms with van der Waals surface area (Å²) < 4.78 is 0. The van der Waals surface area contributed by atoms with Gasteiger partial charge in [-0.1, -0.05) is 6.92 Å². The van der Waals surface area contributed by atoms with Crippen molar-refractivity contribution in [2.75, 3.05) is 0 Å². The molecule has 1 N–H and O–H groups in total. The molecule has 0 aromatic carbocycles.